The second-order valence-electron chi connectivity index (χ2n) is 3.58. The third kappa shape index (κ3) is 2.52. The Morgan fingerprint density at radius 1 is 0.944 bits per heavy atom. The van der Waals surface area contributed by atoms with Gasteiger partial charge in [-0.1, -0.05) is 23.2 Å². The van der Waals surface area contributed by atoms with Crippen molar-refractivity contribution in [1.29, 1.82) is 0 Å². The van der Waals surface area contributed by atoms with E-state index < -0.39 is 17.4 Å². The number of carbonyl (C=O) groups excluding carboxylic acids is 1. The van der Waals surface area contributed by atoms with Gasteiger partial charge < -0.3 is 0 Å². The average molecular weight is 287 g/mol. The largest absolute Gasteiger partial charge is 0.288 e. The highest BCUT2D eigenvalue weighted by Gasteiger charge is 2.17. The summed E-state index contributed by atoms with van der Waals surface area (Å²) in [5.74, 6) is -2.06. The molecule has 0 saturated heterocycles. The highest BCUT2D eigenvalue weighted by Crippen LogP contribution is 2.23. The van der Waals surface area contributed by atoms with Crippen LogP contribution >= 0.6 is 23.2 Å². The summed E-state index contributed by atoms with van der Waals surface area (Å²) in [7, 11) is 0. The molecule has 2 aromatic rings. The Labute approximate surface area is 112 Å². The van der Waals surface area contributed by atoms with Crippen LogP contribution in [0.5, 0.6) is 0 Å². The van der Waals surface area contributed by atoms with E-state index in [4.69, 9.17) is 23.2 Å². The van der Waals surface area contributed by atoms with Crippen molar-refractivity contribution < 1.29 is 13.6 Å². The van der Waals surface area contributed by atoms with Crippen molar-refractivity contribution in [3.63, 3.8) is 0 Å². The Morgan fingerprint density at radius 3 is 2.39 bits per heavy atom. The lowest BCUT2D eigenvalue weighted by Crippen LogP contribution is -2.05. The summed E-state index contributed by atoms with van der Waals surface area (Å²) in [4.78, 5) is 12.0. The molecule has 18 heavy (non-hydrogen) atoms. The fraction of sp³-hybridized carbons (Fsp3) is 0. The Bertz CT molecular complexity index is 573. The van der Waals surface area contributed by atoms with Crippen LogP contribution in [-0.4, -0.2) is 5.78 Å². The summed E-state index contributed by atoms with van der Waals surface area (Å²) < 4.78 is 26.6. The third-order valence-corrected chi connectivity index (χ3v) is 2.91. The minimum absolute atomic E-state index is 0.0563. The topological polar surface area (TPSA) is 17.1 Å². The SMILES string of the molecule is O=C(c1cc(Cl)ccc1F)c1cc(F)ccc1Cl. The summed E-state index contributed by atoms with van der Waals surface area (Å²) >= 11 is 11.5. The molecule has 0 amide bonds. The standard InChI is InChI=1S/C13H6Cl2F2O/c14-7-1-4-12(17)10(5-7)13(18)9-6-8(16)2-3-11(9)15/h1-6H. The first-order valence-electron chi connectivity index (χ1n) is 4.94. The van der Waals surface area contributed by atoms with Gasteiger partial charge in [0.1, 0.15) is 11.6 Å². The second kappa shape index (κ2) is 5.04. The monoisotopic (exact) mass is 286 g/mol. The first kappa shape index (κ1) is 13.0. The molecule has 0 aromatic heterocycles. The van der Waals surface area contributed by atoms with Gasteiger partial charge in [-0.05, 0) is 36.4 Å². The molecular formula is C13H6Cl2F2O. The van der Waals surface area contributed by atoms with Gasteiger partial charge >= 0.3 is 0 Å². The second-order valence-corrected chi connectivity index (χ2v) is 4.42. The summed E-state index contributed by atoms with van der Waals surface area (Å²) in [6, 6.07) is 6.90. The molecule has 92 valence electrons. The molecular weight excluding hydrogens is 281 g/mol. The molecule has 2 aromatic carbocycles. The summed E-state index contributed by atoms with van der Waals surface area (Å²) in [5, 5.41) is 0.271. The Morgan fingerprint density at radius 2 is 1.67 bits per heavy atom. The van der Waals surface area contributed by atoms with E-state index in [0.717, 1.165) is 18.2 Å². The third-order valence-electron chi connectivity index (χ3n) is 2.35. The lowest BCUT2D eigenvalue weighted by atomic mass is 10.0. The molecule has 2 rings (SSSR count). The molecule has 0 fully saturated rings. The van der Waals surface area contributed by atoms with Crippen LogP contribution in [0.4, 0.5) is 8.78 Å². The van der Waals surface area contributed by atoms with Gasteiger partial charge in [0.2, 0.25) is 0 Å². The maximum atomic E-state index is 13.5. The lowest BCUT2D eigenvalue weighted by molar-refractivity contribution is 0.103. The molecule has 0 heterocycles. The summed E-state index contributed by atoms with van der Waals surface area (Å²) in [6.45, 7) is 0. The molecule has 0 saturated carbocycles. The van der Waals surface area contributed by atoms with Crippen molar-refractivity contribution in [3.8, 4) is 0 Å². The van der Waals surface area contributed by atoms with Gasteiger partial charge in [0.15, 0.2) is 5.78 Å². The zero-order valence-corrected chi connectivity index (χ0v) is 10.4. The van der Waals surface area contributed by atoms with Crippen LogP contribution in [-0.2, 0) is 0 Å². The molecule has 0 aliphatic heterocycles. The minimum atomic E-state index is -0.732. The molecule has 0 atom stereocenters. The zero-order valence-electron chi connectivity index (χ0n) is 8.88. The first-order valence-corrected chi connectivity index (χ1v) is 5.69. The number of ketones is 1. The zero-order chi connectivity index (χ0) is 13.3. The smallest absolute Gasteiger partial charge is 0.197 e. The number of hydrogen-bond donors (Lipinski definition) is 0. The molecule has 0 unspecified atom stereocenters. The number of hydrogen-bond acceptors (Lipinski definition) is 1. The highest BCUT2D eigenvalue weighted by molar-refractivity contribution is 6.35. The van der Waals surface area contributed by atoms with Gasteiger partial charge in [0.25, 0.3) is 0 Å². The Kier molecular flexibility index (Phi) is 3.64. The molecule has 0 aliphatic rings. The fourth-order valence-corrected chi connectivity index (χ4v) is 1.86. The summed E-state index contributed by atoms with van der Waals surface area (Å²) in [6.07, 6.45) is 0. The average Bonchev–Trinajstić information content (AvgIpc) is 2.34. The van der Waals surface area contributed by atoms with Crippen LogP contribution in [0.3, 0.4) is 0 Å². The fourth-order valence-electron chi connectivity index (χ4n) is 1.49. The normalized spacial score (nSPS) is 10.4. The van der Waals surface area contributed by atoms with Crippen molar-refractivity contribution in [2.45, 2.75) is 0 Å². The minimum Gasteiger partial charge on any atom is -0.288 e. The van der Waals surface area contributed by atoms with Crippen LogP contribution in [0.15, 0.2) is 36.4 Å². The van der Waals surface area contributed by atoms with Crippen LogP contribution in [0.2, 0.25) is 10.0 Å². The summed E-state index contributed by atoms with van der Waals surface area (Å²) in [5.41, 5.74) is -0.340. The van der Waals surface area contributed by atoms with E-state index in [0.29, 0.717) is 0 Å². The van der Waals surface area contributed by atoms with E-state index in [1.54, 1.807) is 0 Å². The van der Waals surface area contributed by atoms with E-state index in [9.17, 15) is 13.6 Å². The van der Waals surface area contributed by atoms with Crippen LogP contribution in [0, 0.1) is 11.6 Å². The van der Waals surface area contributed by atoms with Crippen molar-refractivity contribution in [1.82, 2.24) is 0 Å². The molecule has 0 bridgehead atoms. The van der Waals surface area contributed by atoms with Gasteiger partial charge in [-0.25, -0.2) is 8.78 Å². The van der Waals surface area contributed by atoms with Crippen LogP contribution < -0.4 is 0 Å². The number of halogens is 4. The van der Waals surface area contributed by atoms with Crippen molar-refractivity contribution >= 4 is 29.0 Å². The van der Waals surface area contributed by atoms with E-state index in [1.807, 2.05) is 0 Å². The maximum absolute atomic E-state index is 13.5. The molecule has 0 radical (unpaired) electrons. The Hall–Kier alpha value is -1.45. The highest BCUT2D eigenvalue weighted by atomic mass is 35.5. The predicted octanol–water partition coefficient (Wildman–Crippen LogP) is 4.50. The predicted molar refractivity (Wildman–Crippen MR) is 66.3 cm³/mol. The quantitative estimate of drug-likeness (QED) is 0.743. The van der Waals surface area contributed by atoms with E-state index in [2.05, 4.69) is 0 Å². The molecule has 1 nitrogen and oxygen atoms in total. The first-order chi connectivity index (χ1) is 8.49. The number of rotatable bonds is 2. The maximum Gasteiger partial charge on any atom is 0.197 e. The van der Waals surface area contributed by atoms with Crippen LogP contribution in [0.25, 0.3) is 0 Å². The molecule has 0 aliphatic carbocycles. The van der Waals surface area contributed by atoms with Gasteiger partial charge in [0.05, 0.1) is 10.6 Å². The van der Waals surface area contributed by atoms with Gasteiger partial charge in [-0.15, -0.1) is 0 Å². The van der Waals surface area contributed by atoms with Gasteiger partial charge in [-0.3, -0.25) is 4.79 Å². The number of benzene rings is 2. The van der Waals surface area contributed by atoms with Crippen molar-refractivity contribution in [3.05, 3.63) is 69.2 Å². The van der Waals surface area contributed by atoms with Crippen molar-refractivity contribution in [2.24, 2.45) is 0 Å². The molecule has 0 spiro atoms. The molecule has 0 N–H and O–H groups in total. The number of carbonyl (C=O) groups is 1. The van der Waals surface area contributed by atoms with E-state index in [-0.39, 0.29) is 21.2 Å². The lowest BCUT2D eigenvalue weighted by Gasteiger charge is -2.05. The van der Waals surface area contributed by atoms with Crippen molar-refractivity contribution in [2.75, 3.05) is 0 Å². The van der Waals surface area contributed by atoms with Gasteiger partial charge in [-0.2, -0.15) is 0 Å². The van der Waals surface area contributed by atoms with E-state index in [1.165, 1.54) is 18.2 Å². The Balaban J connectivity index is 2.54. The van der Waals surface area contributed by atoms with Crippen LogP contribution in [0.1, 0.15) is 15.9 Å². The molecule has 5 heteroatoms. The van der Waals surface area contributed by atoms with E-state index >= 15 is 0 Å². The van der Waals surface area contributed by atoms with Gasteiger partial charge in [0, 0.05) is 10.6 Å².